The Kier molecular flexibility index (Phi) is 8.57. The van der Waals surface area contributed by atoms with Crippen molar-refractivity contribution in [3.8, 4) is 0 Å². The second kappa shape index (κ2) is 12.3. The van der Waals surface area contributed by atoms with Crippen LogP contribution in [-0.2, 0) is 27.3 Å². The van der Waals surface area contributed by atoms with Gasteiger partial charge in [-0.2, -0.15) is 18.3 Å². The molecule has 0 amide bonds. The number of hydrazone groups is 1. The van der Waals surface area contributed by atoms with E-state index in [1.54, 1.807) is 54.6 Å². The van der Waals surface area contributed by atoms with Crippen LogP contribution in [0.25, 0.3) is 0 Å². The van der Waals surface area contributed by atoms with Crippen molar-refractivity contribution >= 4 is 6.21 Å². The van der Waals surface area contributed by atoms with Crippen LogP contribution in [0, 0.1) is 0 Å². The number of hydrogen-bond donors (Lipinski definition) is 0. The highest BCUT2D eigenvalue weighted by atomic mass is 19.4. The van der Waals surface area contributed by atoms with Crippen molar-refractivity contribution in [3.05, 3.63) is 144 Å². The van der Waals surface area contributed by atoms with E-state index in [-0.39, 0.29) is 18.2 Å². The van der Waals surface area contributed by atoms with Gasteiger partial charge in [0.05, 0.1) is 18.9 Å². The predicted octanol–water partition coefficient (Wildman–Crippen LogP) is 7.70. The maximum atomic E-state index is 15.1. The van der Waals surface area contributed by atoms with Crippen molar-refractivity contribution in [1.29, 1.82) is 0 Å². The molecule has 0 spiro atoms. The highest BCUT2D eigenvalue weighted by Gasteiger charge is 2.57. The van der Waals surface area contributed by atoms with Gasteiger partial charge in [-0.15, -0.1) is 0 Å². The van der Waals surface area contributed by atoms with Crippen LogP contribution in [-0.4, -0.2) is 37.1 Å². The molecule has 4 aromatic carbocycles. The van der Waals surface area contributed by atoms with Crippen molar-refractivity contribution in [1.82, 2.24) is 5.01 Å². The standard InChI is InChI=1S/C34H33F3N2O2/c1-40-33(29-19-10-4-11-20-29,30-21-12-5-13-22-30)31-23-14-24-39(31)38-26-32(34(35,36)37,28-17-8-3-9-18-28)41-25-27-15-6-2-7-16-27/h2-13,15-22,26,31H,14,23-25H2,1H3/b38-26+/t31-,32+/m0/s1. The minimum absolute atomic E-state index is 0.0351. The fourth-order valence-corrected chi connectivity index (χ4v) is 5.72. The molecule has 1 saturated heterocycles. The zero-order chi connectivity index (χ0) is 28.8. The maximum absolute atomic E-state index is 15.1. The van der Waals surface area contributed by atoms with E-state index >= 15 is 13.2 Å². The summed E-state index contributed by atoms with van der Waals surface area (Å²) in [7, 11) is 1.65. The van der Waals surface area contributed by atoms with Gasteiger partial charge in [0.15, 0.2) is 0 Å². The Morgan fingerprint density at radius 1 is 0.756 bits per heavy atom. The van der Waals surface area contributed by atoms with Crippen LogP contribution in [0.1, 0.15) is 35.1 Å². The van der Waals surface area contributed by atoms with Crippen LogP contribution in [0.5, 0.6) is 0 Å². The Hall–Kier alpha value is -3.94. The van der Waals surface area contributed by atoms with Gasteiger partial charge in [-0.3, -0.25) is 5.01 Å². The SMILES string of the molecule is COC(c1ccccc1)(c1ccccc1)[C@@H]1CCCN1/N=C/[C@@](OCc1ccccc1)(c1ccccc1)C(F)(F)F. The summed E-state index contributed by atoms with van der Waals surface area (Å²) >= 11 is 0. The zero-order valence-electron chi connectivity index (χ0n) is 22.9. The van der Waals surface area contributed by atoms with Crippen molar-refractivity contribution in [3.63, 3.8) is 0 Å². The summed E-state index contributed by atoms with van der Waals surface area (Å²) in [4.78, 5) is 0. The molecule has 4 nitrogen and oxygen atoms in total. The molecule has 1 heterocycles. The Bertz CT molecular complexity index is 1360. The highest BCUT2D eigenvalue weighted by molar-refractivity contribution is 5.73. The minimum atomic E-state index is -4.78. The summed E-state index contributed by atoms with van der Waals surface area (Å²) in [5.74, 6) is 0. The first-order valence-corrected chi connectivity index (χ1v) is 13.7. The third-order valence-electron chi connectivity index (χ3n) is 7.74. The Morgan fingerprint density at radius 2 is 1.24 bits per heavy atom. The van der Waals surface area contributed by atoms with Gasteiger partial charge in [-0.1, -0.05) is 121 Å². The Labute approximate surface area is 239 Å². The summed E-state index contributed by atoms with van der Waals surface area (Å²) in [6.07, 6.45) is -2.41. The predicted molar refractivity (Wildman–Crippen MR) is 154 cm³/mol. The molecule has 0 unspecified atom stereocenters. The van der Waals surface area contributed by atoms with E-state index in [9.17, 15) is 0 Å². The average molecular weight is 559 g/mol. The molecule has 1 aliphatic heterocycles. The molecule has 1 aliphatic rings. The molecule has 1 fully saturated rings. The molecular formula is C34H33F3N2O2. The first-order valence-electron chi connectivity index (χ1n) is 13.7. The van der Waals surface area contributed by atoms with Crippen LogP contribution in [0.4, 0.5) is 13.2 Å². The average Bonchev–Trinajstić information content (AvgIpc) is 3.48. The number of nitrogens with zero attached hydrogens (tertiary/aromatic N) is 2. The first-order chi connectivity index (χ1) is 19.9. The van der Waals surface area contributed by atoms with Gasteiger partial charge in [0.1, 0.15) is 5.60 Å². The van der Waals surface area contributed by atoms with Gasteiger partial charge in [0.2, 0.25) is 5.60 Å². The number of rotatable bonds is 10. The lowest BCUT2D eigenvalue weighted by molar-refractivity contribution is -0.256. The van der Waals surface area contributed by atoms with Crippen LogP contribution < -0.4 is 0 Å². The quantitative estimate of drug-likeness (QED) is 0.187. The molecule has 0 aromatic heterocycles. The monoisotopic (exact) mass is 558 g/mol. The topological polar surface area (TPSA) is 34.1 Å². The highest BCUT2D eigenvalue weighted by Crippen LogP contribution is 2.45. The fraction of sp³-hybridized carbons (Fsp3) is 0.265. The van der Waals surface area contributed by atoms with E-state index in [0.717, 1.165) is 23.8 Å². The normalized spacial score (nSPS) is 17.6. The van der Waals surface area contributed by atoms with E-state index in [4.69, 9.17) is 9.47 Å². The van der Waals surface area contributed by atoms with Crippen molar-refractivity contribution in [2.75, 3.05) is 13.7 Å². The number of alkyl halides is 3. The number of halogens is 3. The summed E-state index contributed by atoms with van der Waals surface area (Å²) in [5.41, 5.74) is -1.29. The molecule has 7 heteroatoms. The lowest BCUT2D eigenvalue weighted by Crippen LogP contribution is -2.50. The summed E-state index contributed by atoms with van der Waals surface area (Å²) in [5, 5.41) is 6.32. The minimum Gasteiger partial charge on any atom is -0.367 e. The van der Waals surface area contributed by atoms with E-state index in [0.29, 0.717) is 18.5 Å². The van der Waals surface area contributed by atoms with Gasteiger partial charge in [0.25, 0.3) is 0 Å². The molecule has 0 aliphatic carbocycles. The van der Waals surface area contributed by atoms with Gasteiger partial charge < -0.3 is 9.47 Å². The Balaban J connectivity index is 1.58. The molecule has 0 saturated carbocycles. The molecule has 41 heavy (non-hydrogen) atoms. The number of hydrogen-bond acceptors (Lipinski definition) is 4. The Morgan fingerprint density at radius 3 is 1.73 bits per heavy atom. The lowest BCUT2D eigenvalue weighted by atomic mass is 9.79. The molecule has 0 radical (unpaired) electrons. The lowest BCUT2D eigenvalue weighted by Gasteiger charge is -2.42. The van der Waals surface area contributed by atoms with Crippen LogP contribution in [0.3, 0.4) is 0 Å². The largest absolute Gasteiger partial charge is 0.427 e. The van der Waals surface area contributed by atoms with Crippen molar-refractivity contribution in [2.45, 2.75) is 42.9 Å². The molecule has 0 bridgehead atoms. The fourth-order valence-electron chi connectivity index (χ4n) is 5.72. The molecule has 0 N–H and O–H groups in total. The molecule has 212 valence electrons. The zero-order valence-corrected chi connectivity index (χ0v) is 22.9. The third kappa shape index (κ3) is 5.65. The van der Waals surface area contributed by atoms with E-state index in [2.05, 4.69) is 5.10 Å². The van der Waals surface area contributed by atoms with E-state index < -0.39 is 17.4 Å². The van der Waals surface area contributed by atoms with E-state index in [1.165, 1.54) is 12.1 Å². The van der Waals surface area contributed by atoms with Gasteiger partial charge in [0, 0.05) is 13.7 Å². The molecular weight excluding hydrogens is 525 g/mol. The number of methoxy groups -OCH3 is 1. The molecule has 4 aromatic rings. The maximum Gasteiger partial charge on any atom is 0.427 e. The summed E-state index contributed by atoms with van der Waals surface area (Å²) in [6, 6.07) is 35.8. The van der Waals surface area contributed by atoms with Crippen molar-refractivity contribution < 1.29 is 22.6 Å². The number of ether oxygens (including phenoxy) is 2. The molecule has 5 rings (SSSR count). The second-order valence-electron chi connectivity index (χ2n) is 10.1. The van der Waals surface area contributed by atoms with Crippen molar-refractivity contribution in [2.24, 2.45) is 5.10 Å². The smallest absolute Gasteiger partial charge is 0.367 e. The summed E-state index contributed by atoms with van der Waals surface area (Å²) in [6.45, 7) is 0.244. The van der Waals surface area contributed by atoms with Crippen LogP contribution in [0.2, 0.25) is 0 Å². The first kappa shape index (κ1) is 28.6. The van der Waals surface area contributed by atoms with E-state index in [1.807, 2.05) is 66.7 Å². The van der Waals surface area contributed by atoms with Crippen LogP contribution in [0.15, 0.2) is 126 Å². The second-order valence-corrected chi connectivity index (χ2v) is 10.1. The van der Waals surface area contributed by atoms with Gasteiger partial charge in [-0.05, 0) is 35.1 Å². The van der Waals surface area contributed by atoms with Gasteiger partial charge in [-0.25, -0.2) is 0 Å². The number of benzene rings is 4. The summed E-state index contributed by atoms with van der Waals surface area (Å²) < 4.78 is 57.5. The third-order valence-corrected chi connectivity index (χ3v) is 7.74. The van der Waals surface area contributed by atoms with Crippen LogP contribution >= 0.6 is 0 Å². The molecule has 2 atom stereocenters. The van der Waals surface area contributed by atoms with Gasteiger partial charge >= 0.3 is 6.18 Å².